The summed E-state index contributed by atoms with van der Waals surface area (Å²) >= 11 is 0. The molecular formula is C16H23N3O. The first-order chi connectivity index (χ1) is 9.69. The third-order valence-corrected chi connectivity index (χ3v) is 4.28. The number of nitrogen functional groups attached to an aromatic ring is 1. The highest BCUT2D eigenvalue weighted by molar-refractivity contribution is 5.92. The number of hydrogen-bond donors (Lipinski definition) is 1. The average molecular weight is 273 g/mol. The first-order valence-corrected chi connectivity index (χ1v) is 7.60. The van der Waals surface area contributed by atoms with Crippen LogP contribution in [0, 0.1) is 0 Å². The number of nitrogens with two attached hydrogens (primary N) is 1. The number of aliphatic imine (C=N–C) groups is 1. The highest BCUT2D eigenvalue weighted by atomic mass is 16.5. The maximum absolute atomic E-state index is 6.02. The topological polar surface area (TPSA) is 50.8 Å². The second kappa shape index (κ2) is 5.35. The summed E-state index contributed by atoms with van der Waals surface area (Å²) in [6.45, 7) is 5.42. The van der Waals surface area contributed by atoms with Gasteiger partial charge in [-0.1, -0.05) is 6.92 Å². The number of fused-ring (bicyclic) bond motifs is 1. The summed E-state index contributed by atoms with van der Waals surface area (Å²) in [5, 5.41) is 0. The van der Waals surface area contributed by atoms with Crippen LogP contribution in [0.15, 0.2) is 23.2 Å². The van der Waals surface area contributed by atoms with Crippen LogP contribution in [0.3, 0.4) is 0 Å². The maximum Gasteiger partial charge on any atom is 0.153 e. The van der Waals surface area contributed by atoms with Gasteiger partial charge in [0.25, 0.3) is 0 Å². The second-order valence-corrected chi connectivity index (χ2v) is 5.71. The quantitative estimate of drug-likeness (QED) is 0.798. The van der Waals surface area contributed by atoms with Crippen LogP contribution in [0.2, 0.25) is 0 Å². The Morgan fingerprint density at radius 2 is 2.25 bits per heavy atom. The van der Waals surface area contributed by atoms with E-state index in [1.54, 1.807) is 0 Å². The zero-order valence-electron chi connectivity index (χ0n) is 12.3. The fourth-order valence-corrected chi connectivity index (χ4v) is 3.20. The number of ether oxygens (including phenoxy) is 1. The molecule has 1 aromatic rings. The molecule has 2 N–H and O–H groups in total. The third-order valence-electron chi connectivity index (χ3n) is 4.28. The summed E-state index contributed by atoms with van der Waals surface area (Å²) in [5.74, 6) is 1.90. The minimum atomic E-state index is 0.0123. The number of rotatable bonds is 1. The number of anilines is 1. The Morgan fingerprint density at radius 1 is 1.40 bits per heavy atom. The van der Waals surface area contributed by atoms with Crippen LogP contribution in [-0.4, -0.2) is 29.4 Å². The van der Waals surface area contributed by atoms with Crippen LogP contribution >= 0.6 is 0 Å². The van der Waals surface area contributed by atoms with E-state index in [2.05, 4.69) is 18.7 Å². The molecule has 0 radical (unpaired) electrons. The van der Waals surface area contributed by atoms with Crippen molar-refractivity contribution in [3.8, 4) is 5.75 Å². The van der Waals surface area contributed by atoms with Crippen molar-refractivity contribution in [2.45, 2.75) is 51.7 Å². The van der Waals surface area contributed by atoms with Gasteiger partial charge in [0.1, 0.15) is 17.3 Å². The van der Waals surface area contributed by atoms with Gasteiger partial charge in [0, 0.05) is 18.3 Å². The Labute approximate surface area is 120 Å². The van der Waals surface area contributed by atoms with Crippen molar-refractivity contribution >= 4 is 17.2 Å². The maximum atomic E-state index is 6.02. The predicted octanol–water partition coefficient (Wildman–Crippen LogP) is 3.34. The van der Waals surface area contributed by atoms with Crippen LogP contribution < -0.4 is 10.5 Å². The normalized spacial score (nSPS) is 25.7. The lowest BCUT2D eigenvalue weighted by Gasteiger charge is -2.40. The Bertz CT molecular complexity index is 526. The molecule has 2 aliphatic rings. The first-order valence-electron chi connectivity index (χ1n) is 7.60. The van der Waals surface area contributed by atoms with Crippen molar-refractivity contribution in [1.82, 2.24) is 4.90 Å². The van der Waals surface area contributed by atoms with Crippen LogP contribution in [-0.2, 0) is 0 Å². The summed E-state index contributed by atoms with van der Waals surface area (Å²) in [6.07, 6.45) is 4.99. The Hall–Kier alpha value is -1.71. The van der Waals surface area contributed by atoms with E-state index in [0.717, 1.165) is 35.9 Å². The molecule has 0 aliphatic carbocycles. The molecule has 0 spiro atoms. The molecule has 4 nitrogen and oxygen atoms in total. The van der Waals surface area contributed by atoms with E-state index in [1.165, 1.54) is 19.3 Å². The van der Waals surface area contributed by atoms with E-state index >= 15 is 0 Å². The molecule has 2 unspecified atom stereocenters. The lowest BCUT2D eigenvalue weighted by molar-refractivity contribution is 0.195. The molecule has 2 atom stereocenters. The summed E-state index contributed by atoms with van der Waals surface area (Å²) < 4.78 is 6.02. The summed E-state index contributed by atoms with van der Waals surface area (Å²) in [5.41, 5.74) is 7.45. The lowest BCUT2D eigenvalue weighted by atomic mass is 9.99. The van der Waals surface area contributed by atoms with Crippen LogP contribution in [0.4, 0.5) is 11.4 Å². The predicted molar refractivity (Wildman–Crippen MR) is 82.7 cm³/mol. The SMILES string of the molecule is CCC1CCCCN1C1=Nc2cc(N)ccc2OC1C. The van der Waals surface area contributed by atoms with Crippen molar-refractivity contribution in [3.05, 3.63) is 18.2 Å². The van der Waals surface area contributed by atoms with Crippen molar-refractivity contribution < 1.29 is 4.74 Å². The monoisotopic (exact) mass is 273 g/mol. The number of nitrogens with zero attached hydrogens (tertiary/aromatic N) is 2. The molecule has 0 bridgehead atoms. The highest BCUT2D eigenvalue weighted by Crippen LogP contribution is 2.35. The molecular weight excluding hydrogens is 250 g/mol. The minimum absolute atomic E-state index is 0.0123. The molecule has 20 heavy (non-hydrogen) atoms. The Morgan fingerprint density at radius 3 is 3.05 bits per heavy atom. The molecule has 0 aromatic heterocycles. The minimum Gasteiger partial charge on any atom is -0.481 e. The molecule has 1 aromatic carbocycles. The first kappa shape index (κ1) is 13.3. The van der Waals surface area contributed by atoms with Gasteiger partial charge in [-0.3, -0.25) is 0 Å². The highest BCUT2D eigenvalue weighted by Gasteiger charge is 2.30. The van der Waals surface area contributed by atoms with E-state index in [0.29, 0.717) is 6.04 Å². The molecule has 4 heteroatoms. The zero-order chi connectivity index (χ0) is 14.1. The molecule has 108 valence electrons. The van der Waals surface area contributed by atoms with Crippen molar-refractivity contribution in [2.24, 2.45) is 4.99 Å². The van der Waals surface area contributed by atoms with E-state index in [-0.39, 0.29) is 6.10 Å². The summed E-state index contributed by atoms with van der Waals surface area (Å²) in [7, 11) is 0. The molecule has 1 saturated heterocycles. The van der Waals surface area contributed by atoms with Crippen LogP contribution in [0.1, 0.15) is 39.5 Å². The number of likely N-dealkylation sites (tertiary alicyclic amines) is 1. The fraction of sp³-hybridized carbons (Fsp3) is 0.562. The van der Waals surface area contributed by atoms with Gasteiger partial charge in [0.15, 0.2) is 6.10 Å². The lowest BCUT2D eigenvalue weighted by Crippen LogP contribution is -2.49. The van der Waals surface area contributed by atoms with Gasteiger partial charge in [-0.25, -0.2) is 4.99 Å². The average Bonchev–Trinajstić information content (AvgIpc) is 2.47. The van der Waals surface area contributed by atoms with Gasteiger partial charge in [-0.05, 0) is 50.8 Å². The third kappa shape index (κ3) is 2.35. The van der Waals surface area contributed by atoms with Crippen molar-refractivity contribution in [1.29, 1.82) is 0 Å². The Balaban J connectivity index is 1.95. The molecule has 1 fully saturated rings. The largest absolute Gasteiger partial charge is 0.481 e. The van der Waals surface area contributed by atoms with Gasteiger partial charge < -0.3 is 15.4 Å². The molecule has 2 heterocycles. The molecule has 3 rings (SSSR count). The van der Waals surface area contributed by atoms with Gasteiger partial charge in [-0.15, -0.1) is 0 Å². The second-order valence-electron chi connectivity index (χ2n) is 5.71. The van der Waals surface area contributed by atoms with Gasteiger partial charge in [-0.2, -0.15) is 0 Å². The number of benzene rings is 1. The van der Waals surface area contributed by atoms with E-state index in [1.807, 2.05) is 18.2 Å². The zero-order valence-corrected chi connectivity index (χ0v) is 12.3. The number of piperidine rings is 1. The number of amidine groups is 1. The van der Waals surface area contributed by atoms with Crippen molar-refractivity contribution in [2.75, 3.05) is 12.3 Å². The van der Waals surface area contributed by atoms with E-state index in [9.17, 15) is 0 Å². The molecule has 2 aliphatic heterocycles. The molecule has 0 saturated carbocycles. The molecule has 0 amide bonds. The Kier molecular flexibility index (Phi) is 3.55. The number of hydrogen-bond acceptors (Lipinski definition) is 4. The van der Waals surface area contributed by atoms with E-state index in [4.69, 9.17) is 15.5 Å². The summed E-state index contributed by atoms with van der Waals surface area (Å²) in [6, 6.07) is 6.26. The van der Waals surface area contributed by atoms with Crippen molar-refractivity contribution in [3.63, 3.8) is 0 Å². The fourth-order valence-electron chi connectivity index (χ4n) is 3.20. The van der Waals surface area contributed by atoms with Gasteiger partial charge >= 0.3 is 0 Å². The summed E-state index contributed by atoms with van der Waals surface area (Å²) in [4.78, 5) is 7.29. The van der Waals surface area contributed by atoms with E-state index < -0.39 is 0 Å². The van der Waals surface area contributed by atoms with Gasteiger partial charge in [0.05, 0.1) is 0 Å². The van der Waals surface area contributed by atoms with Gasteiger partial charge in [0.2, 0.25) is 0 Å². The van der Waals surface area contributed by atoms with Crippen LogP contribution in [0.5, 0.6) is 5.75 Å². The standard InChI is InChI=1S/C16H23N3O/c1-3-13-6-4-5-9-19(13)16-11(2)20-15-8-7-12(17)10-14(15)18-16/h7-8,10-11,13H,3-6,9,17H2,1-2H3. The van der Waals surface area contributed by atoms with Crippen LogP contribution in [0.25, 0.3) is 0 Å². The smallest absolute Gasteiger partial charge is 0.153 e.